The molecule has 2 aliphatic heterocycles. The molecule has 2 heterocycles. The maximum Gasteiger partial charge on any atom is 0.338 e. The molecule has 0 aliphatic carbocycles. The molecule has 2 N–H and O–H groups in total. The van der Waals surface area contributed by atoms with Crippen LogP contribution >= 0.6 is 23.2 Å². The number of hydrogen-bond donors (Lipinski definition) is 2. The Morgan fingerprint density at radius 2 is 1.77 bits per heavy atom. The highest BCUT2D eigenvalue weighted by molar-refractivity contribution is 7.90. The van der Waals surface area contributed by atoms with E-state index in [9.17, 15) is 19.2 Å². The van der Waals surface area contributed by atoms with Crippen molar-refractivity contribution in [1.29, 1.82) is 0 Å². The number of aromatic hydroxyl groups is 1. The Balaban J connectivity index is 1.44. The molecule has 39 heavy (non-hydrogen) atoms. The summed E-state index contributed by atoms with van der Waals surface area (Å²) in [6, 6.07) is 11.2. The van der Waals surface area contributed by atoms with Gasteiger partial charge in [0.05, 0.1) is 28.3 Å². The number of esters is 1. The summed E-state index contributed by atoms with van der Waals surface area (Å²) in [4.78, 5) is 27.7. The molecule has 212 valence electrons. The zero-order valence-electron chi connectivity index (χ0n) is 22.2. The highest BCUT2D eigenvalue weighted by atomic mass is 35.5. The largest absolute Gasteiger partial charge is 0.598 e. The van der Waals surface area contributed by atoms with Crippen molar-refractivity contribution in [1.82, 2.24) is 9.62 Å². The van der Waals surface area contributed by atoms with Crippen molar-refractivity contribution in [3.05, 3.63) is 63.6 Å². The molecule has 0 spiro atoms. The van der Waals surface area contributed by atoms with Crippen molar-refractivity contribution in [2.75, 3.05) is 19.7 Å². The van der Waals surface area contributed by atoms with E-state index < -0.39 is 40.3 Å². The van der Waals surface area contributed by atoms with E-state index in [1.165, 1.54) is 6.07 Å². The number of piperidine rings is 1. The predicted octanol–water partition coefficient (Wildman–Crippen LogP) is 5.05. The number of benzene rings is 2. The van der Waals surface area contributed by atoms with E-state index in [2.05, 4.69) is 4.72 Å². The van der Waals surface area contributed by atoms with Gasteiger partial charge in [-0.15, -0.1) is 4.72 Å². The summed E-state index contributed by atoms with van der Waals surface area (Å²) in [7, 11) is 0. The number of carbonyl (C=O) groups excluding carboxylic acids is 2. The summed E-state index contributed by atoms with van der Waals surface area (Å²) in [5, 5.41) is 11.2. The minimum Gasteiger partial charge on any atom is -0.598 e. The van der Waals surface area contributed by atoms with Crippen LogP contribution in [0.2, 0.25) is 10.0 Å². The van der Waals surface area contributed by atoms with Crippen molar-refractivity contribution in [2.45, 2.75) is 63.0 Å². The summed E-state index contributed by atoms with van der Waals surface area (Å²) in [6.07, 6.45) is 0.125. The number of nitrogens with one attached hydrogen (secondary N) is 1. The quantitative estimate of drug-likeness (QED) is 0.340. The first-order valence-corrected chi connectivity index (χ1v) is 14.9. The van der Waals surface area contributed by atoms with Gasteiger partial charge in [-0.1, -0.05) is 41.4 Å². The molecule has 0 saturated carbocycles. The topological polar surface area (TPSA) is 111 Å². The molecule has 2 fully saturated rings. The summed E-state index contributed by atoms with van der Waals surface area (Å²) in [5.74, 6) is -0.768. The molecule has 1 amide bonds. The zero-order chi connectivity index (χ0) is 28.3. The number of amides is 1. The van der Waals surface area contributed by atoms with Gasteiger partial charge in [0.2, 0.25) is 0 Å². The van der Waals surface area contributed by atoms with E-state index in [0.29, 0.717) is 55.1 Å². The predicted molar refractivity (Wildman–Crippen MR) is 151 cm³/mol. The molecule has 0 aromatic heterocycles. The van der Waals surface area contributed by atoms with E-state index in [4.69, 9.17) is 32.7 Å². The number of carbonyl (C=O) groups is 2. The molecule has 11 heteroatoms. The lowest BCUT2D eigenvalue weighted by Crippen LogP contribution is -2.50. The molecule has 2 aliphatic rings. The van der Waals surface area contributed by atoms with Gasteiger partial charge in [-0.3, -0.25) is 4.79 Å². The second-order valence-corrected chi connectivity index (χ2v) is 13.7. The molecule has 8 nitrogen and oxygen atoms in total. The number of halogens is 2. The Morgan fingerprint density at radius 1 is 1.13 bits per heavy atom. The van der Waals surface area contributed by atoms with Crippen molar-refractivity contribution in [3.8, 4) is 5.75 Å². The number of nitrogens with zero attached hydrogens (tertiary/aromatic N) is 1. The highest BCUT2D eigenvalue weighted by Gasteiger charge is 2.42. The monoisotopic (exact) mass is 596 g/mol. The normalized spacial score (nSPS) is 21.9. The maximum atomic E-state index is 13.4. The van der Waals surface area contributed by atoms with Crippen molar-refractivity contribution in [3.63, 3.8) is 0 Å². The van der Waals surface area contributed by atoms with E-state index in [-0.39, 0.29) is 22.6 Å². The van der Waals surface area contributed by atoms with Crippen molar-refractivity contribution < 1.29 is 28.7 Å². The van der Waals surface area contributed by atoms with Gasteiger partial charge in [0.25, 0.3) is 5.91 Å². The van der Waals surface area contributed by atoms with Crippen LogP contribution in [-0.4, -0.2) is 63.1 Å². The Morgan fingerprint density at radius 3 is 2.41 bits per heavy atom. The van der Waals surface area contributed by atoms with Gasteiger partial charge >= 0.3 is 5.97 Å². The maximum absolute atomic E-state index is 13.4. The standard InChI is InChI=1S/C28H34Cl2N2O6S/c1-28(2,3)39(36)31-24(19-15-20(29)21(30)16-22(19)33)17-9-12-32(13-10-17)26(34)25-23(11-14-37-25)38-27(35)18-7-5-4-6-8-18/h4-8,15-17,23-25,31,33H,9-14H2,1-3H3/t23-,24+,25+,39?/m0/s1. The number of hydrogen-bond acceptors (Lipinski definition) is 7. The van der Waals surface area contributed by atoms with Gasteiger partial charge in [-0.2, -0.15) is 0 Å². The van der Waals surface area contributed by atoms with Crippen LogP contribution in [0.3, 0.4) is 0 Å². The molecule has 0 bridgehead atoms. The number of phenolic OH excluding ortho intramolecular Hbond substituents is 1. The summed E-state index contributed by atoms with van der Waals surface area (Å²) < 4.78 is 27.1. The summed E-state index contributed by atoms with van der Waals surface area (Å²) >= 11 is 10.9. The minimum absolute atomic E-state index is 0.0336. The number of phenols is 1. The van der Waals surface area contributed by atoms with Crippen LogP contribution in [0.25, 0.3) is 0 Å². The Hall–Kier alpha value is -2.01. The molecule has 2 aromatic rings. The highest BCUT2D eigenvalue weighted by Crippen LogP contribution is 2.40. The molecular formula is C28H34Cl2N2O6S. The van der Waals surface area contributed by atoms with Crippen LogP contribution in [0.1, 0.15) is 62.0 Å². The second kappa shape index (κ2) is 12.7. The number of ether oxygens (including phenoxy) is 2. The smallest absolute Gasteiger partial charge is 0.338 e. The van der Waals surface area contributed by atoms with Gasteiger partial charge in [0, 0.05) is 42.5 Å². The molecule has 4 rings (SSSR count). The van der Waals surface area contributed by atoms with Crippen LogP contribution in [0.5, 0.6) is 5.75 Å². The van der Waals surface area contributed by atoms with E-state index in [1.807, 2.05) is 26.8 Å². The zero-order valence-corrected chi connectivity index (χ0v) is 24.5. The SMILES string of the molecule is CC(C)(C)[S+]([O-])N[C@@H](c1cc(Cl)c(Cl)cc1O)C1CCN(C(=O)[C@@H]2OCC[C@@H]2OC(=O)c2ccccc2)CC1. The Labute approximate surface area is 242 Å². The van der Waals surface area contributed by atoms with Crippen LogP contribution in [-0.2, 0) is 25.6 Å². The summed E-state index contributed by atoms with van der Waals surface area (Å²) in [6.45, 7) is 6.81. The van der Waals surface area contributed by atoms with Crippen molar-refractivity contribution in [2.24, 2.45) is 5.92 Å². The van der Waals surface area contributed by atoms with Crippen LogP contribution in [0.15, 0.2) is 42.5 Å². The van der Waals surface area contributed by atoms with E-state index in [0.717, 1.165) is 0 Å². The summed E-state index contributed by atoms with van der Waals surface area (Å²) in [5.41, 5.74) is 0.937. The van der Waals surface area contributed by atoms with Gasteiger partial charge in [0.15, 0.2) is 6.10 Å². The third-order valence-electron chi connectivity index (χ3n) is 7.07. The number of rotatable bonds is 7. The molecule has 1 unspecified atom stereocenters. The second-order valence-electron chi connectivity index (χ2n) is 10.9. The van der Waals surface area contributed by atoms with Crippen LogP contribution < -0.4 is 4.72 Å². The van der Waals surface area contributed by atoms with Crippen molar-refractivity contribution >= 4 is 46.4 Å². The average molecular weight is 598 g/mol. The van der Waals surface area contributed by atoms with Gasteiger partial charge < -0.3 is 24.0 Å². The molecule has 2 saturated heterocycles. The third-order valence-corrected chi connectivity index (χ3v) is 9.37. The lowest BCUT2D eigenvalue weighted by molar-refractivity contribution is -0.146. The van der Waals surface area contributed by atoms with Gasteiger partial charge in [0.1, 0.15) is 16.6 Å². The molecule has 0 radical (unpaired) electrons. The lowest BCUT2D eigenvalue weighted by atomic mass is 9.85. The fourth-order valence-electron chi connectivity index (χ4n) is 4.84. The first-order chi connectivity index (χ1) is 18.5. The number of likely N-dealkylation sites (tertiary alicyclic amines) is 1. The third kappa shape index (κ3) is 7.20. The molecular weight excluding hydrogens is 563 g/mol. The molecule has 2 aromatic carbocycles. The van der Waals surface area contributed by atoms with Crippen LogP contribution in [0.4, 0.5) is 0 Å². The van der Waals surface area contributed by atoms with Crippen LogP contribution in [0, 0.1) is 5.92 Å². The van der Waals surface area contributed by atoms with E-state index in [1.54, 1.807) is 35.2 Å². The lowest BCUT2D eigenvalue weighted by Gasteiger charge is -2.38. The Bertz CT molecular complexity index is 1170. The minimum atomic E-state index is -1.42. The fourth-order valence-corrected chi connectivity index (χ4v) is 6.07. The van der Waals surface area contributed by atoms with Gasteiger partial charge in [-0.05, 0) is 57.7 Å². The first-order valence-electron chi connectivity index (χ1n) is 13.0. The first kappa shape index (κ1) is 30.0. The average Bonchev–Trinajstić information content (AvgIpc) is 3.37. The van der Waals surface area contributed by atoms with E-state index >= 15 is 0 Å². The Kier molecular flexibility index (Phi) is 9.73. The fraction of sp³-hybridized carbons (Fsp3) is 0.500. The molecule has 4 atom stereocenters. The van der Waals surface area contributed by atoms with Gasteiger partial charge in [-0.25, -0.2) is 4.79 Å².